The zero-order valence-corrected chi connectivity index (χ0v) is 8.84. The maximum atomic E-state index is 9.75. The Hall–Kier alpha value is -1.06. The van der Waals surface area contributed by atoms with Gasteiger partial charge in [0.05, 0.1) is 13.2 Å². The first-order valence-corrected chi connectivity index (χ1v) is 4.68. The van der Waals surface area contributed by atoms with Crippen LogP contribution in [0.4, 0.5) is 17.3 Å². The second-order valence-electron chi connectivity index (χ2n) is 2.75. The molecule has 0 aromatic rings. The predicted octanol–water partition coefficient (Wildman–Crippen LogP) is 1.53. The van der Waals surface area contributed by atoms with E-state index < -0.39 is 7.25 Å². The number of nitrogens with one attached hydrogen (secondary N) is 1. The monoisotopic (exact) mass is 247 g/mol. The Labute approximate surface area is 90.4 Å². The van der Waals surface area contributed by atoms with Crippen molar-refractivity contribution >= 4 is 7.25 Å². The lowest BCUT2D eigenvalue weighted by Gasteiger charge is -2.19. The standard InChI is InChI=1S/C6H14N3O2.BF4/c1-2-11-9(7)8-3-5-10-6-4-8;2-1(3,4)5/h7H,2-6H2,1H3;/q+1;-1. The number of rotatable bonds is 3. The molecule has 0 amide bonds. The molecule has 1 N–H and O–H groups in total. The Balaban J connectivity index is 0.000000385. The Bertz CT molecular complexity index is 204. The van der Waals surface area contributed by atoms with Gasteiger partial charge in [-0.1, -0.05) is 0 Å². The second kappa shape index (κ2) is 7.26. The molecule has 0 aliphatic carbocycles. The van der Waals surface area contributed by atoms with Crippen LogP contribution in [-0.2, 0) is 9.57 Å². The van der Waals surface area contributed by atoms with E-state index in [1.807, 2.05) is 6.92 Å². The molecule has 1 aliphatic rings. The molecule has 0 unspecified atom stereocenters. The average Bonchev–Trinajstić information content (AvgIpc) is 2.17. The molecule has 0 aromatic carbocycles. The van der Waals surface area contributed by atoms with Crippen LogP contribution in [0.1, 0.15) is 6.92 Å². The Kier molecular flexibility index (Phi) is 6.78. The smallest absolute Gasteiger partial charge is 0.418 e. The highest BCUT2D eigenvalue weighted by Gasteiger charge is 2.21. The van der Waals surface area contributed by atoms with Crippen molar-refractivity contribution in [3.05, 3.63) is 0 Å². The Morgan fingerprint density at radius 1 is 1.31 bits per heavy atom. The number of halogens is 4. The zero-order chi connectivity index (χ0) is 12.6. The minimum absolute atomic E-state index is 0.529. The molecule has 0 spiro atoms. The SMILES string of the molecule is CCO[N+](=N)N1CCOCC1.F[B-](F)(F)F. The van der Waals surface area contributed by atoms with E-state index in [9.17, 15) is 17.3 Å². The molecule has 1 saturated heterocycles. The number of ether oxygens (including phenoxy) is 1. The lowest BCUT2D eigenvalue weighted by molar-refractivity contribution is -0.952. The lowest BCUT2D eigenvalue weighted by Crippen LogP contribution is -2.42. The summed E-state index contributed by atoms with van der Waals surface area (Å²) in [5, 5.41) is 1.80. The van der Waals surface area contributed by atoms with Crippen molar-refractivity contribution < 1.29 is 31.8 Å². The van der Waals surface area contributed by atoms with Crippen LogP contribution in [0.15, 0.2) is 0 Å². The summed E-state index contributed by atoms with van der Waals surface area (Å²) in [7, 11) is -6.00. The largest absolute Gasteiger partial charge is 0.673 e. The van der Waals surface area contributed by atoms with Gasteiger partial charge in [0, 0.05) is 5.53 Å². The van der Waals surface area contributed by atoms with Crippen molar-refractivity contribution in [1.29, 1.82) is 5.53 Å². The van der Waals surface area contributed by atoms with Crippen molar-refractivity contribution in [3.8, 4) is 0 Å². The molecule has 1 rings (SSSR count). The van der Waals surface area contributed by atoms with Crippen molar-refractivity contribution in [2.24, 2.45) is 0 Å². The van der Waals surface area contributed by atoms with E-state index in [2.05, 4.69) is 0 Å². The lowest BCUT2D eigenvalue weighted by atomic mass is 10.3. The summed E-state index contributed by atoms with van der Waals surface area (Å²) in [6.07, 6.45) is 0. The third-order valence-electron chi connectivity index (χ3n) is 1.50. The van der Waals surface area contributed by atoms with Crippen molar-refractivity contribution in [2.45, 2.75) is 6.92 Å². The molecule has 0 atom stereocenters. The number of hydrogen-bond donors (Lipinski definition) is 1. The fourth-order valence-corrected chi connectivity index (χ4v) is 0.939. The second-order valence-corrected chi connectivity index (χ2v) is 2.75. The molecule has 5 nitrogen and oxygen atoms in total. The summed E-state index contributed by atoms with van der Waals surface area (Å²) in [5.74, 6) is 0. The van der Waals surface area contributed by atoms with Crippen LogP contribution in [0.5, 0.6) is 0 Å². The summed E-state index contributed by atoms with van der Waals surface area (Å²) in [6, 6.07) is 0. The molecular formula is C6H14BF4N3O2. The number of morpholine rings is 1. The molecule has 10 heteroatoms. The van der Waals surface area contributed by atoms with E-state index in [0.29, 0.717) is 19.8 Å². The van der Waals surface area contributed by atoms with E-state index in [-0.39, 0.29) is 0 Å². The normalized spacial score (nSPS) is 16.2. The van der Waals surface area contributed by atoms with E-state index in [0.717, 1.165) is 18.1 Å². The van der Waals surface area contributed by atoms with Gasteiger partial charge in [-0.05, 0) is 6.92 Å². The summed E-state index contributed by atoms with van der Waals surface area (Å²) in [4.78, 5) is 6.00. The molecule has 16 heavy (non-hydrogen) atoms. The van der Waals surface area contributed by atoms with E-state index in [1.165, 1.54) is 0 Å². The molecule has 0 saturated carbocycles. The first-order valence-electron chi connectivity index (χ1n) is 4.68. The van der Waals surface area contributed by atoms with Gasteiger partial charge in [-0.3, -0.25) is 0 Å². The number of hydrazine groups is 1. The van der Waals surface area contributed by atoms with Crippen LogP contribution >= 0.6 is 0 Å². The third kappa shape index (κ3) is 9.50. The van der Waals surface area contributed by atoms with Crippen LogP contribution in [0.3, 0.4) is 0 Å². The van der Waals surface area contributed by atoms with Gasteiger partial charge in [0.2, 0.25) is 4.97 Å². The van der Waals surface area contributed by atoms with Gasteiger partial charge < -0.3 is 22.0 Å². The van der Waals surface area contributed by atoms with Crippen LogP contribution in [0, 0.1) is 5.53 Å². The maximum absolute atomic E-state index is 9.75. The highest BCUT2D eigenvalue weighted by Crippen LogP contribution is 2.06. The molecule has 0 radical (unpaired) electrons. The molecule has 1 aliphatic heterocycles. The molecule has 96 valence electrons. The average molecular weight is 247 g/mol. The first kappa shape index (κ1) is 14.9. The van der Waals surface area contributed by atoms with Gasteiger partial charge in [-0.15, -0.1) is 5.01 Å². The molecule has 0 aromatic heterocycles. The van der Waals surface area contributed by atoms with Gasteiger partial charge in [0.15, 0.2) is 6.61 Å². The quantitative estimate of drug-likeness (QED) is 0.270. The maximum Gasteiger partial charge on any atom is 0.673 e. The topological polar surface area (TPSA) is 48.6 Å². The van der Waals surface area contributed by atoms with Crippen molar-refractivity contribution in [1.82, 2.24) is 5.01 Å². The predicted molar refractivity (Wildman–Crippen MR) is 47.2 cm³/mol. The van der Waals surface area contributed by atoms with E-state index >= 15 is 0 Å². The highest BCUT2D eigenvalue weighted by atomic mass is 19.5. The summed E-state index contributed by atoms with van der Waals surface area (Å²) < 4.78 is 44.1. The van der Waals surface area contributed by atoms with Gasteiger partial charge >= 0.3 is 7.25 Å². The molecule has 1 fully saturated rings. The molecule has 1 heterocycles. The minimum Gasteiger partial charge on any atom is -0.418 e. The Morgan fingerprint density at radius 2 is 1.75 bits per heavy atom. The molecule has 0 bridgehead atoms. The summed E-state index contributed by atoms with van der Waals surface area (Å²) in [5.41, 5.74) is 7.35. The minimum atomic E-state index is -6.00. The van der Waals surface area contributed by atoms with E-state index in [4.69, 9.17) is 15.1 Å². The summed E-state index contributed by atoms with van der Waals surface area (Å²) in [6.45, 7) is 5.24. The highest BCUT2D eigenvalue weighted by molar-refractivity contribution is 6.50. The third-order valence-corrected chi connectivity index (χ3v) is 1.50. The number of nitrogens with zero attached hydrogens (tertiary/aromatic N) is 2. The van der Waals surface area contributed by atoms with Gasteiger partial charge in [0.25, 0.3) is 0 Å². The van der Waals surface area contributed by atoms with Crippen LogP contribution in [0.2, 0.25) is 0 Å². The van der Waals surface area contributed by atoms with Gasteiger partial charge in [-0.25, -0.2) is 4.84 Å². The van der Waals surface area contributed by atoms with Crippen LogP contribution < -0.4 is 0 Å². The number of hydrogen-bond acceptors (Lipinski definition) is 3. The molecular weight excluding hydrogens is 233 g/mol. The Morgan fingerprint density at radius 3 is 2.12 bits per heavy atom. The fourth-order valence-electron chi connectivity index (χ4n) is 0.939. The van der Waals surface area contributed by atoms with Gasteiger partial charge in [0.1, 0.15) is 13.1 Å². The van der Waals surface area contributed by atoms with E-state index in [1.54, 1.807) is 5.01 Å². The zero-order valence-electron chi connectivity index (χ0n) is 8.84. The van der Waals surface area contributed by atoms with Crippen molar-refractivity contribution in [2.75, 3.05) is 32.9 Å². The fraction of sp³-hybridized carbons (Fsp3) is 1.00. The van der Waals surface area contributed by atoms with Crippen LogP contribution in [-0.4, -0.2) is 50.1 Å². The summed E-state index contributed by atoms with van der Waals surface area (Å²) >= 11 is 0. The van der Waals surface area contributed by atoms with Gasteiger partial charge in [-0.2, -0.15) is 0 Å². The van der Waals surface area contributed by atoms with Crippen molar-refractivity contribution in [3.63, 3.8) is 0 Å². The first-order chi connectivity index (χ1) is 7.34. The van der Waals surface area contributed by atoms with Crippen LogP contribution in [0.25, 0.3) is 0 Å².